The molecule has 1 aromatic heterocycles. The monoisotopic (exact) mass is 168 g/mol. The highest BCUT2D eigenvalue weighted by molar-refractivity contribution is 5.66. The molecule has 1 aromatic rings. The molecule has 1 heterocycles. The summed E-state index contributed by atoms with van der Waals surface area (Å²) in [5.41, 5.74) is 0.929. The first-order valence-corrected chi connectivity index (χ1v) is 3.82. The third-order valence-corrected chi connectivity index (χ3v) is 1.66. The quantitative estimate of drug-likeness (QED) is 0.731. The van der Waals surface area contributed by atoms with Crippen molar-refractivity contribution in [2.45, 2.75) is 26.8 Å². The lowest BCUT2D eigenvalue weighted by molar-refractivity contribution is -0.137. The van der Waals surface area contributed by atoms with Gasteiger partial charge >= 0.3 is 5.97 Å². The summed E-state index contributed by atoms with van der Waals surface area (Å²) in [6.07, 6.45) is 2.01. The summed E-state index contributed by atoms with van der Waals surface area (Å²) in [5, 5.41) is 8.44. The Morgan fingerprint density at radius 3 is 2.75 bits per heavy atom. The second-order valence-electron chi connectivity index (χ2n) is 2.77. The Morgan fingerprint density at radius 2 is 2.33 bits per heavy atom. The van der Waals surface area contributed by atoms with Crippen molar-refractivity contribution in [1.29, 1.82) is 0 Å². The Labute approximate surface area is 70.9 Å². The largest absolute Gasteiger partial charge is 0.481 e. The zero-order valence-electron chi connectivity index (χ0n) is 7.24. The molecular formula is C8H12N2O2. The van der Waals surface area contributed by atoms with Crippen LogP contribution >= 0.6 is 0 Å². The van der Waals surface area contributed by atoms with Crippen molar-refractivity contribution in [2.75, 3.05) is 0 Å². The van der Waals surface area contributed by atoms with E-state index in [9.17, 15) is 4.79 Å². The maximum Gasteiger partial charge on any atom is 0.305 e. The topological polar surface area (TPSA) is 55.1 Å². The van der Waals surface area contributed by atoms with Crippen LogP contribution in [0.4, 0.5) is 0 Å². The van der Waals surface area contributed by atoms with E-state index in [1.165, 1.54) is 0 Å². The minimum Gasteiger partial charge on any atom is -0.481 e. The molecule has 0 unspecified atom stereocenters. The van der Waals surface area contributed by atoms with Gasteiger partial charge in [-0.1, -0.05) is 0 Å². The molecule has 0 aliphatic rings. The number of hydrogen-bond donors (Lipinski definition) is 1. The van der Waals surface area contributed by atoms with Gasteiger partial charge in [-0.25, -0.2) is 4.98 Å². The van der Waals surface area contributed by atoms with Gasteiger partial charge in [0.15, 0.2) is 0 Å². The SMILES string of the molecule is Cc1cn(CCC(=O)O)c(C)n1. The molecule has 0 aliphatic carbocycles. The summed E-state index contributed by atoms with van der Waals surface area (Å²) in [5.74, 6) is 0.0921. The predicted molar refractivity (Wildman–Crippen MR) is 44.0 cm³/mol. The van der Waals surface area contributed by atoms with E-state index in [-0.39, 0.29) is 6.42 Å². The molecule has 0 aromatic carbocycles. The molecule has 66 valence electrons. The first-order valence-electron chi connectivity index (χ1n) is 3.82. The maximum absolute atomic E-state index is 10.3. The van der Waals surface area contributed by atoms with Crippen LogP contribution in [0.1, 0.15) is 17.9 Å². The molecular weight excluding hydrogens is 156 g/mol. The highest BCUT2D eigenvalue weighted by Gasteiger charge is 2.02. The number of carbonyl (C=O) groups is 1. The average molecular weight is 168 g/mol. The first kappa shape index (κ1) is 8.77. The fraction of sp³-hybridized carbons (Fsp3) is 0.500. The molecule has 0 radical (unpaired) electrons. The Hall–Kier alpha value is -1.32. The molecule has 12 heavy (non-hydrogen) atoms. The number of imidazole rings is 1. The fourth-order valence-electron chi connectivity index (χ4n) is 1.11. The summed E-state index contributed by atoms with van der Waals surface area (Å²) < 4.78 is 1.85. The third-order valence-electron chi connectivity index (χ3n) is 1.66. The van der Waals surface area contributed by atoms with Crippen molar-refractivity contribution < 1.29 is 9.90 Å². The Morgan fingerprint density at radius 1 is 1.67 bits per heavy atom. The molecule has 0 fully saturated rings. The number of aromatic nitrogens is 2. The molecule has 0 amide bonds. The lowest BCUT2D eigenvalue weighted by atomic mass is 10.4. The lowest BCUT2D eigenvalue weighted by Crippen LogP contribution is -2.04. The molecule has 0 bridgehead atoms. The Bertz CT molecular complexity index is 291. The molecule has 1 N–H and O–H groups in total. The third kappa shape index (κ3) is 2.08. The smallest absolute Gasteiger partial charge is 0.305 e. The van der Waals surface area contributed by atoms with E-state index >= 15 is 0 Å². The average Bonchev–Trinajstić information content (AvgIpc) is 2.26. The Kier molecular flexibility index (Phi) is 2.47. The molecule has 0 saturated heterocycles. The van der Waals surface area contributed by atoms with E-state index in [0.29, 0.717) is 6.54 Å². The molecule has 4 heteroatoms. The van der Waals surface area contributed by atoms with Crippen molar-refractivity contribution in [2.24, 2.45) is 0 Å². The zero-order chi connectivity index (χ0) is 9.14. The van der Waals surface area contributed by atoms with Crippen molar-refractivity contribution in [3.05, 3.63) is 17.7 Å². The van der Waals surface area contributed by atoms with E-state index in [1.54, 1.807) is 0 Å². The lowest BCUT2D eigenvalue weighted by Gasteiger charge is -2.00. The first-order chi connectivity index (χ1) is 5.59. The van der Waals surface area contributed by atoms with Crippen LogP contribution in [-0.4, -0.2) is 20.6 Å². The van der Waals surface area contributed by atoms with Crippen LogP contribution in [0.25, 0.3) is 0 Å². The highest BCUT2D eigenvalue weighted by atomic mass is 16.4. The van der Waals surface area contributed by atoms with Gasteiger partial charge in [-0.3, -0.25) is 4.79 Å². The van der Waals surface area contributed by atoms with Gasteiger partial charge in [-0.05, 0) is 13.8 Å². The van der Waals surface area contributed by atoms with Crippen LogP contribution in [0.2, 0.25) is 0 Å². The number of nitrogens with zero attached hydrogens (tertiary/aromatic N) is 2. The van der Waals surface area contributed by atoms with Gasteiger partial charge in [0.2, 0.25) is 0 Å². The molecule has 0 saturated carbocycles. The fourth-order valence-corrected chi connectivity index (χ4v) is 1.11. The van der Waals surface area contributed by atoms with Gasteiger partial charge in [0.05, 0.1) is 12.1 Å². The summed E-state index contributed by atoms with van der Waals surface area (Å²) in [7, 11) is 0. The van der Waals surface area contributed by atoms with E-state index in [2.05, 4.69) is 4.98 Å². The number of aliphatic carboxylic acids is 1. The molecule has 0 atom stereocenters. The van der Waals surface area contributed by atoms with Gasteiger partial charge < -0.3 is 9.67 Å². The summed E-state index contributed by atoms with van der Waals surface area (Å²) in [4.78, 5) is 14.4. The van der Waals surface area contributed by atoms with Gasteiger partial charge in [-0.15, -0.1) is 0 Å². The van der Waals surface area contributed by atoms with Gasteiger partial charge in [0.1, 0.15) is 5.82 Å². The molecule has 0 aliphatic heterocycles. The summed E-state index contributed by atoms with van der Waals surface area (Å²) >= 11 is 0. The van der Waals surface area contributed by atoms with Crippen LogP contribution in [0.15, 0.2) is 6.20 Å². The highest BCUT2D eigenvalue weighted by Crippen LogP contribution is 2.01. The van der Waals surface area contributed by atoms with Crippen LogP contribution in [0.3, 0.4) is 0 Å². The van der Waals surface area contributed by atoms with Crippen LogP contribution in [0, 0.1) is 13.8 Å². The van der Waals surface area contributed by atoms with E-state index in [1.807, 2.05) is 24.6 Å². The minimum atomic E-state index is -0.777. The maximum atomic E-state index is 10.3. The van der Waals surface area contributed by atoms with Crippen molar-refractivity contribution >= 4 is 5.97 Å². The number of carboxylic acid groups (broad SMARTS) is 1. The van der Waals surface area contributed by atoms with E-state index < -0.39 is 5.97 Å². The molecule has 1 rings (SSSR count). The van der Waals surface area contributed by atoms with Gasteiger partial charge in [-0.2, -0.15) is 0 Å². The molecule has 4 nitrogen and oxygen atoms in total. The van der Waals surface area contributed by atoms with Crippen LogP contribution < -0.4 is 0 Å². The number of hydrogen-bond acceptors (Lipinski definition) is 2. The van der Waals surface area contributed by atoms with Crippen molar-refractivity contribution in [1.82, 2.24) is 9.55 Å². The van der Waals surface area contributed by atoms with E-state index in [0.717, 1.165) is 11.5 Å². The minimum absolute atomic E-state index is 0.149. The van der Waals surface area contributed by atoms with Crippen molar-refractivity contribution in [3.8, 4) is 0 Å². The normalized spacial score (nSPS) is 10.2. The zero-order valence-corrected chi connectivity index (χ0v) is 7.24. The molecule has 0 spiro atoms. The van der Waals surface area contributed by atoms with Crippen LogP contribution in [0.5, 0.6) is 0 Å². The van der Waals surface area contributed by atoms with Crippen LogP contribution in [-0.2, 0) is 11.3 Å². The standard InChI is InChI=1S/C8H12N2O2/c1-6-5-10(7(2)9-6)4-3-8(11)12/h5H,3-4H2,1-2H3,(H,11,12). The predicted octanol–water partition coefficient (Wildman–Crippen LogP) is 0.975. The summed E-state index contributed by atoms with van der Waals surface area (Å²) in [6.45, 7) is 4.27. The summed E-state index contributed by atoms with van der Waals surface area (Å²) in [6, 6.07) is 0. The van der Waals surface area contributed by atoms with Gasteiger partial charge in [0, 0.05) is 12.7 Å². The number of carboxylic acids is 1. The van der Waals surface area contributed by atoms with Gasteiger partial charge in [0.25, 0.3) is 0 Å². The number of aryl methyl sites for hydroxylation is 3. The second kappa shape index (κ2) is 3.38. The van der Waals surface area contributed by atoms with E-state index in [4.69, 9.17) is 5.11 Å². The van der Waals surface area contributed by atoms with Crippen molar-refractivity contribution in [3.63, 3.8) is 0 Å². The number of rotatable bonds is 3. The second-order valence-corrected chi connectivity index (χ2v) is 2.77. The Balaban J connectivity index is 2.62.